The SMILES string of the molecule is Cc1ccc(C2=C(N(C)CCN(C)C)CCC2)cc1. The van der Waals surface area contributed by atoms with Gasteiger partial charge in [0.25, 0.3) is 0 Å². The predicted octanol–water partition coefficient (Wildman–Crippen LogP) is 3.38. The molecule has 0 spiro atoms. The number of likely N-dealkylation sites (N-methyl/N-ethyl adjacent to an activating group) is 2. The molecule has 2 rings (SSSR count). The third-order valence-electron chi connectivity index (χ3n) is 3.93. The van der Waals surface area contributed by atoms with Crippen molar-refractivity contribution in [1.29, 1.82) is 0 Å². The Morgan fingerprint density at radius 3 is 2.26 bits per heavy atom. The fourth-order valence-electron chi connectivity index (χ4n) is 2.70. The summed E-state index contributed by atoms with van der Waals surface area (Å²) in [5.74, 6) is 0. The topological polar surface area (TPSA) is 6.48 Å². The van der Waals surface area contributed by atoms with Crippen LogP contribution in [-0.2, 0) is 0 Å². The van der Waals surface area contributed by atoms with Crippen LogP contribution in [0.1, 0.15) is 30.4 Å². The van der Waals surface area contributed by atoms with Gasteiger partial charge in [0, 0.05) is 25.8 Å². The smallest absolute Gasteiger partial charge is 0.0299 e. The van der Waals surface area contributed by atoms with Crippen molar-refractivity contribution in [3.05, 3.63) is 41.1 Å². The van der Waals surface area contributed by atoms with Crippen molar-refractivity contribution in [2.24, 2.45) is 0 Å². The summed E-state index contributed by atoms with van der Waals surface area (Å²) in [6.07, 6.45) is 3.75. The minimum Gasteiger partial charge on any atom is -0.376 e. The highest BCUT2D eigenvalue weighted by Gasteiger charge is 2.19. The molecule has 0 radical (unpaired) electrons. The number of aryl methyl sites for hydroxylation is 1. The van der Waals surface area contributed by atoms with Crippen molar-refractivity contribution in [1.82, 2.24) is 9.80 Å². The highest BCUT2D eigenvalue weighted by molar-refractivity contribution is 5.70. The molecule has 0 N–H and O–H groups in total. The molecule has 0 saturated heterocycles. The molecule has 1 aliphatic rings. The summed E-state index contributed by atoms with van der Waals surface area (Å²) >= 11 is 0. The van der Waals surface area contributed by atoms with E-state index >= 15 is 0 Å². The molecule has 0 amide bonds. The lowest BCUT2D eigenvalue weighted by atomic mass is 10.0. The maximum absolute atomic E-state index is 2.45. The molecule has 0 aromatic heterocycles. The summed E-state index contributed by atoms with van der Waals surface area (Å²) in [5.41, 5.74) is 5.85. The van der Waals surface area contributed by atoms with Crippen LogP contribution >= 0.6 is 0 Å². The van der Waals surface area contributed by atoms with Gasteiger partial charge in [0.1, 0.15) is 0 Å². The van der Waals surface area contributed by atoms with Crippen LogP contribution in [0.3, 0.4) is 0 Å². The van der Waals surface area contributed by atoms with Gasteiger partial charge in [-0.2, -0.15) is 0 Å². The van der Waals surface area contributed by atoms with Crippen molar-refractivity contribution >= 4 is 5.57 Å². The second-order valence-corrected chi connectivity index (χ2v) is 5.87. The van der Waals surface area contributed by atoms with E-state index in [1.165, 1.54) is 30.4 Å². The van der Waals surface area contributed by atoms with Crippen molar-refractivity contribution in [2.45, 2.75) is 26.2 Å². The molecule has 0 unspecified atom stereocenters. The van der Waals surface area contributed by atoms with E-state index in [1.54, 1.807) is 11.3 Å². The van der Waals surface area contributed by atoms with E-state index in [2.05, 4.69) is 62.1 Å². The zero-order valence-electron chi connectivity index (χ0n) is 12.7. The van der Waals surface area contributed by atoms with Gasteiger partial charge in [0.15, 0.2) is 0 Å². The van der Waals surface area contributed by atoms with Gasteiger partial charge < -0.3 is 9.80 Å². The van der Waals surface area contributed by atoms with Crippen LogP contribution in [-0.4, -0.2) is 44.0 Å². The molecule has 2 heteroatoms. The third-order valence-corrected chi connectivity index (χ3v) is 3.93. The van der Waals surface area contributed by atoms with E-state index in [9.17, 15) is 0 Å². The summed E-state index contributed by atoms with van der Waals surface area (Å²) in [5, 5.41) is 0. The normalized spacial score (nSPS) is 15.4. The van der Waals surface area contributed by atoms with Crippen molar-refractivity contribution < 1.29 is 0 Å². The minimum absolute atomic E-state index is 1.11. The van der Waals surface area contributed by atoms with Gasteiger partial charge in [-0.3, -0.25) is 0 Å². The zero-order chi connectivity index (χ0) is 13.8. The average molecular weight is 258 g/mol. The minimum atomic E-state index is 1.11. The lowest BCUT2D eigenvalue weighted by Crippen LogP contribution is -2.28. The van der Waals surface area contributed by atoms with Crippen LogP contribution in [0.15, 0.2) is 30.0 Å². The Morgan fingerprint density at radius 2 is 1.63 bits per heavy atom. The number of rotatable bonds is 5. The maximum Gasteiger partial charge on any atom is 0.0299 e. The lowest BCUT2D eigenvalue weighted by Gasteiger charge is -2.24. The summed E-state index contributed by atoms with van der Waals surface area (Å²) in [4.78, 5) is 4.69. The standard InChI is InChI=1S/C17H26N2/c1-14-8-10-15(11-9-14)16-6-5-7-17(16)19(4)13-12-18(2)3/h8-11H,5-7,12-13H2,1-4H3. The molecule has 1 aliphatic carbocycles. The van der Waals surface area contributed by atoms with Gasteiger partial charge in [-0.1, -0.05) is 29.8 Å². The molecule has 0 saturated carbocycles. The number of hydrogen-bond acceptors (Lipinski definition) is 2. The Hall–Kier alpha value is -1.28. The Balaban J connectivity index is 2.16. The van der Waals surface area contributed by atoms with E-state index in [0.29, 0.717) is 0 Å². The molecule has 104 valence electrons. The second-order valence-electron chi connectivity index (χ2n) is 5.87. The van der Waals surface area contributed by atoms with E-state index in [0.717, 1.165) is 13.1 Å². The van der Waals surface area contributed by atoms with Crippen LogP contribution in [0.4, 0.5) is 0 Å². The molecule has 19 heavy (non-hydrogen) atoms. The molecular formula is C17H26N2. The van der Waals surface area contributed by atoms with Gasteiger partial charge in [-0.25, -0.2) is 0 Å². The first-order chi connectivity index (χ1) is 9.08. The summed E-state index contributed by atoms with van der Waals surface area (Å²) < 4.78 is 0. The Kier molecular flexibility index (Phi) is 4.65. The van der Waals surface area contributed by atoms with Crippen molar-refractivity contribution in [3.63, 3.8) is 0 Å². The second kappa shape index (κ2) is 6.25. The van der Waals surface area contributed by atoms with Crippen molar-refractivity contribution in [2.75, 3.05) is 34.2 Å². The van der Waals surface area contributed by atoms with Crippen LogP contribution in [0.25, 0.3) is 5.57 Å². The number of benzene rings is 1. The first-order valence-corrected chi connectivity index (χ1v) is 7.23. The van der Waals surface area contributed by atoms with Gasteiger partial charge in [-0.05, 0) is 51.4 Å². The van der Waals surface area contributed by atoms with Gasteiger partial charge in [0.2, 0.25) is 0 Å². The van der Waals surface area contributed by atoms with Gasteiger partial charge >= 0.3 is 0 Å². The van der Waals surface area contributed by atoms with Crippen molar-refractivity contribution in [3.8, 4) is 0 Å². The first kappa shape index (κ1) is 14.1. The van der Waals surface area contributed by atoms with E-state index < -0.39 is 0 Å². The van der Waals surface area contributed by atoms with Crippen LogP contribution < -0.4 is 0 Å². The molecule has 1 aromatic carbocycles. The Labute approximate surface area is 117 Å². The summed E-state index contributed by atoms with van der Waals surface area (Å²) in [6.45, 7) is 4.37. The monoisotopic (exact) mass is 258 g/mol. The maximum atomic E-state index is 2.45. The molecule has 2 nitrogen and oxygen atoms in total. The zero-order valence-corrected chi connectivity index (χ0v) is 12.7. The Bertz CT molecular complexity index is 443. The highest BCUT2D eigenvalue weighted by Crippen LogP contribution is 2.35. The van der Waals surface area contributed by atoms with Crippen LogP contribution in [0, 0.1) is 6.92 Å². The van der Waals surface area contributed by atoms with Crippen LogP contribution in [0.5, 0.6) is 0 Å². The van der Waals surface area contributed by atoms with Gasteiger partial charge in [0.05, 0.1) is 0 Å². The van der Waals surface area contributed by atoms with E-state index in [1.807, 2.05) is 0 Å². The predicted molar refractivity (Wildman–Crippen MR) is 83.1 cm³/mol. The molecule has 0 fully saturated rings. The lowest BCUT2D eigenvalue weighted by molar-refractivity contribution is 0.322. The first-order valence-electron chi connectivity index (χ1n) is 7.23. The molecule has 0 bridgehead atoms. The molecule has 1 aromatic rings. The average Bonchev–Trinajstić information content (AvgIpc) is 2.86. The number of nitrogens with zero attached hydrogens (tertiary/aromatic N) is 2. The fraction of sp³-hybridized carbons (Fsp3) is 0.529. The fourth-order valence-corrected chi connectivity index (χ4v) is 2.70. The van der Waals surface area contributed by atoms with E-state index in [4.69, 9.17) is 0 Å². The van der Waals surface area contributed by atoms with Crippen LogP contribution in [0.2, 0.25) is 0 Å². The molecular weight excluding hydrogens is 232 g/mol. The highest BCUT2D eigenvalue weighted by atomic mass is 15.2. The molecule has 0 aliphatic heterocycles. The molecule has 0 heterocycles. The largest absolute Gasteiger partial charge is 0.376 e. The molecule has 0 atom stereocenters. The quantitative estimate of drug-likeness (QED) is 0.799. The number of allylic oxidation sites excluding steroid dienone is 2. The van der Waals surface area contributed by atoms with E-state index in [-0.39, 0.29) is 0 Å². The summed E-state index contributed by atoms with van der Waals surface area (Å²) in [6, 6.07) is 8.99. The third kappa shape index (κ3) is 3.60. The number of hydrogen-bond donors (Lipinski definition) is 0. The Morgan fingerprint density at radius 1 is 0.947 bits per heavy atom. The van der Waals surface area contributed by atoms with Gasteiger partial charge in [-0.15, -0.1) is 0 Å². The summed E-state index contributed by atoms with van der Waals surface area (Å²) in [7, 11) is 6.51.